The van der Waals surface area contributed by atoms with Crippen LogP contribution in [0.25, 0.3) is 0 Å². The average Bonchev–Trinajstić information content (AvgIpc) is 3.04. The van der Waals surface area contributed by atoms with Crippen molar-refractivity contribution in [3.63, 3.8) is 0 Å². The second kappa shape index (κ2) is 9.03. The van der Waals surface area contributed by atoms with Crippen LogP contribution in [0.2, 0.25) is 5.02 Å². The fourth-order valence-corrected chi connectivity index (χ4v) is 3.33. The van der Waals surface area contributed by atoms with Gasteiger partial charge in [-0.05, 0) is 48.5 Å². The van der Waals surface area contributed by atoms with E-state index in [0.29, 0.717) is 5.02 Å². The summed E-state index contributed by atoms with van der Waals surface area (Å²) in [5.74, 6) is -3.30. The summed E-state index contributed by atoms with van der Waals surface area (Å²) in [4.78, 5) is 52.2. The molecule has 3 aromatic rings. The topological polar surface area (TPSA) is 90.0 Å². The number of benzene rings is 3. The molecule has 7 nitrogen and oxygen atoms in total. The molecule has 160 valence electrons. The Morgan fingerprint density at radius 3 is 1.47 bits per heavy atom. The summed E-state index contributed by atoms with van der Waals surface area (Å²) in [5, 5.41) is 0.409. The van der Waals surface area contributed by atoms with E-state index in [1.54, 1.807) is 36.4 Å². The maximum atomic E-state index is 13.1. The summed E-state index contributed by atoms with van der Waals surface area (Å²) in [6.45, 7) is 0. The molecule has 0 radical (unpaired) electrons. The number of nitrogens with zero attached hydrogens (tertiary/aromatic N) is 1. The third-order valence-electron chi connectivity index (χ3n) is 4.77. The molecule has 4 rings (SSSR count). The van der Waals surface area contributed by atoms with Crippen LogP contribution < -0.4 is 4.90 Å². The van der Waals surface area contributed by atoms with Crippen molar-refractivity contribution >= 4 is 41.0 Å². The van der Waals surface area contributed by atoms with Crippen molar-refractivity contribution in [3.05, 3.63) is 101 Å². The van der Waals surface area contributed by atoms with Crippen molar-refractivity contribution in [2.24, 2.45) is 0 Å². The minimum atomic E-state index is -1.64. The summed E-state index contributed by atoms with van der Waals surface area (Å²) >= 11 is 5.89. The van der Waals surface area contributed by atoms with E-state index in [1.807, 2.05) is 0 Å². The van der Waals surface area contributed by atoms with Gasteiger partial charge in [0, 0.05) is 5.02 Å². The van der Waals surface area contributed by atoms with E-state index >= 15 is 0 Å². The molecule has 0 saturated carbocycles. The van der Waals surface area contributed by atoms with Gasteiger partial charge < -0.3 is 9.47 Å². The maximum Gasteiger partial charge on any atom is 0.339 e. The lowest BCUT2D eigenvalue weighted by Gasteiger charge is -2.16. The Kier molecular flexibility index (Phi) is 6.00. The van der Waals surface area contributed by atoms with Crippen LogP contribution in [0.4, 0.5) is 5.69 Å². The van der Waals surface area contributed by atoms with Crippen LogP contribution in [-0.2, 0) is 19.1 Å². The molecule has 8 heteroatoms. The van der Waals surface area contributed by atoms with Gasteiger partial charge >= 0.3 is 11.9 Å². The van der Waals surface area contributed by atoms with E-state index in [1.165, 1.54) is 48.5 Å². The fourth-order valence-electron chi connectivity index (χ4n) is 3.21. The Balaban J connectivity index is 1.65. The first-order valence-electron chi connectivity index (χ1n) is 9.61. The first kappa shape index (κ1) is 21.3. The van der Waals surface area contributed by atoms with Crippen molar-refractivity contribution in [2.45, 2.75) is 12.2 Å². The van der Waals surface area contributed by atoms with Gasteiger partial charge in [-0.1, -0.05) is 48.0 Å². The largest absolute Gasteiger partial charge is 0.444 e. The Morgan fingerprint density at radius 2 is 1.06 bits per heavy atom. The molecular weight excluding hydrogens is 434 g/mol. The van der Waals surface area contributed by atoms with Crippen LogP contribution in [-0.4, -0.2) is 36.0 Å². The maximum absolute atomic E-state index is 13.1. The van der Waals surface area contributed by atoms with Gasteiger partial charge in [0.25, 0.3) is 11.8 Å². The zero-order valence-electron chi connectivity index (χ0n) is 16.5. The zero-order chi connectivity index (χ0) is 22.7. The number of imide groups is 1. The van der Waals surface area contributed by atoms with Crippen LogP contribution >= 0.6 is 11.6 Å². The van der Waals surface area contributed by atoms with E-state index in [0.717, 1.165) is 4.90 Å². The number of anilines is 1. The molecular formula is C24H16ClNO6. The highest BCUT2D eigenvalue weighted by Gasteiger charge is 2.53. The number of esters is 2. The van der Waals surface area contributed by atoms with Crippen LogP contribution in [0, 0.1) is 0 Å². The summed E-state index contributed by atoms with van der Waals surface area (Å²) in [6.07, 6.45) is -3.28. The Hall–Kier alpha value is -3.97. The number of rotatable bonds is 5. The van der Waals surface area contributed by atoms with E-state index in [9.17, 15) is 19.2 Å². The molecule has 32 heavy (non-hydrogen) atoms. The number of hydrogen-bond donors (Lipinski definition) is 0. The van der Waals surface area contributed by atoms with Crippen molar-refractivity contribution in [2.75, 3.05) is 4.90 Å². The Labute approximate surface area is 188 Å². The number of hydrogen-bond acceptors (Lipinski definition) is 6. The summed E-state index contributed by atoms with van der Waals surface area (Å²) < 4.78 is 10.7. The molecule has 0 spiro atoms. The number of halogens is 1. The lowest BCUT2D eigenvalue weighted by atomic mass is 10.2. The van der Waals surface area contributed by atoms with E-state index in [2.05, 4.69) is 0 Å². The molecule has 3 aromatic carbocycles. The highest BCUT2D eigenvalue weighted by molar-refractivity contribution is 6.31. The first-order chi connectivity index (χ1) is 15.5. The smallest absolute Gasteiger partial charge is 0.339 e. The molecule has 0 bridgehead atoms. The molecule has 1 aliphatic rings. The molecule has 0 N–H and O–H groups in total. The molecule has 2 atom stereocenters. The van der Waals surface area contributed by atoms with Gasteiger partial charge in [-0.3, -0.25) is 9.59 Å². The van der Waals surface area contributed by atoms with Gasteiger partial charge in [-0.2, -0.15) is 0 Å². The number of carbonyl (C=O) groups excluding carboxylic acids is 4. The second-order valence-electron chi connectivity index (χ2n) is 6.87. The number of ether oxygens (including phenoxy) is 2. The highest BCUT2D eigenvalue weighted by atomic mass is 35.5. The Morgan fingerprint density at radius 1 is 0.656 bits per heavy atom. The lowest BCUT2D eigenvalue weighted by molar-refractivity contribution is -0.130. The molecule has 1 heterocycles. The monoisotopic (exact) mass is 449 g/mol. The van der Waals surface area contributed by atoms with Gasteiger partial charge in [0.05, 0.1) is 16.8 Å². The fraction of sp³-hybridized carbons (Fsp3) is 0.0833. The minimum Gasteiger partial charge on any atom is -0.444 e. The van der Waals surface area contributed by atoms with E-state index in [4.69, 9.17) is 21.1 Å². The first-order valence-corrected chi connectivity index (χ1v) is 9.99. The quantitative estimate of drug-likeness (QED) is 0.436. The normalized spacial score (nSPS) is 17.8. The molecule has 0 unspecified atom stereocenters. The van der Waals surface area contributed by atoms with Crippen molar-refractivity contribution in [1.82, 2.24) is 0 Å². The standard InChI is InChI=1S/C24H16ClNO6/c25-17-11-13-18(14-12-17)26-21(27)19(31-23(29)15-7-3-1-4-8-15)20(22(26)28)32-24(30)16-9-5-2-6-10-16/h1-14,19-20H/t19-,20-/m0/s1. The third-order valence-corrected chi connectivity index (χ3v) is 5.03. The van der Waals surface area contributed by atoms with Crippen molar-refractivity contribution in [1.29, 1.82) is 0 Å². The summed E-state index contributed by atoms with van der Waals surface area (Å²) in [5.41, 5.74) is 0.583. The molecule has 0 aliphatic carbocycles. The third kappa shape index (κ3) is 4.24. The summed E-state index contributed by atoms with van der Waals surface area (Å²) in [6, 6.07) is 21.9. The lowest BCUT2D eigenvalue weighted by Crippen LogP contribution is -2.37. The molecule has 2 amide bonds. The van der Waals surface area contributed by atoms with Gasteiger partial charge in [0.2, 0.25) is 12.2 Å². The molecule has 0 aromatic heterocycles. The second-order valence-corrected chi connectivity index (χ2v) is 7.31. The van der Waals surface area contributed by atoms with Gasteiger partial charge in [-0.15, -0.1) is 0 Å². The van der Waals surface area contributed by atoms with Crippen LogP contribution in [0.3, 0.4) is 0 Å². The highest BCUT2D eigenvalue weighted by Crippen LogP contribution is 2.29. The molecule has 1 saturated heterocycles. The average molecular weight is 450 g/mol. The number of amides is 2. The van der Waals surface area contributed by atoms with E-state index < -0.39 is 36.0 Å². The van der Waals surface area contributed by atoms with Crippen molar-refractivity contribution < 1.29 is 28.7 Å². The predicted molar refractivity (Wildman–Crippen MR) is 115 cm³/mol. The van der Waals surface area contributed by atoms with Crippen LogP contribution in [0.15, 0.2) is 84.9 Å². The summed E-state index contributed by atoms with van der Waals surface area (Å²) in [7, 11) is 0. The van der Waals surface area contributed by atoms with Crippen LogP contribution in [0.1, 0.15) is 20.7 Å². The minimum absolute atomic E-state index is 0.186. The van der Waals surface area contributed by atoms with Crippen LogP contribution in [0.5, 0.6) is 0 Å². The van der Waals surface area contributed by atoms with Gasteiger partial charge in [0.1, 0.15) is 0 Å². The number of carbonyl (C=O) groups is 4. The van der Waals surface area contributed by atoms with Gasteiger partial charge in [-0.25, -0.2) is 14.5 Å². The zero-order valence-corrected chi connectivity index (χ0v) is 17.3. The van der Waals surface area contributed by atoms with Gasteiger partial charge in [0.15, 0.2) is 0 Å². The SMILES string of the molecule is O=C(O[C@@H]1C(=O)N(c2ccc(Cl)cc2)C(=O)[C@H]1OC(=O)c1ccccc1)c1ccccc1. The predicted octanol–water partition coefficient (Wildman–Crippen LogP) is 3.66. The van der Waals surface area contributed by atoms with Crippen molar-refractivity contribution in [3.8, 4) is 0 Å². The molecule has 1 aliphatic heterocycles. The molecule has 1 fully saturated rings. The van der Waals surface area contributed by atoms with E-state index in [-0.39, 0.29) is 16.8 Å². The Bertz CT molecular complexity index is 1090.